The SMILES string of the molecule is Cc1cc(N2CCCC(CF)C2)n2nc(C)cc2n1. The van der Waals surface area contributed by atoms with Gasteiger partial charge in [0.1, 0.15) is 5.82 Å². The maximum absolute atomic E-state index is 12.9. The smallest absolute Gasteiger partial charge is 0.157 e. The molecule has 1 aliphatic heterocycles. The summed E-state index contributed by atoms with van der Waals surface area (Å²) in [5.74, 6) is 1.18. The van der Waals surface area contributed by atoms with Crippen LogP contribution in [-0.2, 0) is 0 Å². The molecule has 2 aromatic rings. The van der Waals surface area contributed by atoms with Gasteiger partial charge in [-0.1, -0.05) is 0 Å². The number of aromatic nitrogens is 3. The first-order valence-electron chi connectivity index (χ1n) is 6.82. The minimum absolute atomic E-state index is 0.147. The molecular weight excluding hydrogens is 243 g/mol. The molecule has 1 saturated heterocycles. The second kappa shape index (κ2) is 4.79. The van der Waals surface area contributed by atoms with Crippen molar-refractivity contribution in [3.63, 3.8) is 0 Å². The lowest BCUT2D eigenvalue weighted by molar-refractivity contribution is 0.314. The van der Waals surface area contributed by atoms with Crippen LogP contribution in [0, 0.1) is 19.8 Å². The molecule has 0 radical (unpaired) electrons. The van der Waals surface area contributed by atoms with Crippen LogP contribution in [0.3, 0.4) is 0 Å². The molecule has 1 fully saturated rings. The van der Waals surface area contributed by atoms with E-state index in [1.165, 1.54) is 0 Å². The van der Waals surface area contributed by atoms with Crippen LogP contribution in [0.5, 0.6) is 0 Å². The molecule has 102 valence electrons. The topological polar surface area (TPSA) is 33.4 Å². The maximum atomic E-state index is 12.9. The molecular formula is C14H19FN4. The van der Waals surface area contributed by atoms with Gasteiger partial charge in [0.2, 0.25) is 0 Å². The highest BCUT2D eigenvalue weighted by Gasteiger charge is 2.22. The number of rotatable bonds is 2. The van der Waals surface area contributed by atoms with Crippen LogP contribution < -0.4 is 4.90 Å². The van der Waals surface area contributed by atoms with Gasteiger partial charge >= 0.3 is 0 Å². The molecule has 3 rings (SSSR count). The van der Waals surface area contributed by atoms with Gasteiger partial charge in [0, 0.05) is 36.8 Å². The Bertz CT molecular complexity index is 592. The summed E-state index contributed by atoms with van der Waals surface area (Å²) in [6.45, 7) is 5.46. The monoisotopic (exact) mass is 262 g/mol. The summed E-state index contributed by atoms with van der Waals surface area (Å²) < 4.78 is 14.8. The minimum atomic E-state index is -0.234. The average molecular weight is 262 g/mol. The van der Waals surface area contributed by atoms with Crippen LogP contribution >= 0.6 is 0 Å². The quantitative estimate of drug-likeness (QED) is 0.834. The standard InChI is InChI=1S/C14H19FN4/c1-10-7-14(18-5-3-4-12(8-15)9-18)19-13(16-10)6-11(2)17-19/h6-7,12H,3-5,8-9H2,1-2H3. The summed E-state index contributed by atoms with van der Waals surface area (Å²) in [5.41, 5.74) is 2.80. The minimum Gasteiger partial charge on any atom is -0.356 e. The lowest BCUT2D eigenvalue weighted by Crippen LogP contribution is -2.37. The second-order valence-electron chi connectivity index (χ2n) is 5.42. The molecule has 3 heterocycles. The van der Waals surface area contributed by atoms with Crippen molar-refractivity contribution in [1.29, 1.82) is 0 Å². The Morgan fingerprint density at radius 1 is 1.32 bits per heavy atom. The summed E-state index contributed by atoms with van der Waals surface area (Å²) in [6, 6.07) is 4.02. The van der Waals surface area contributed by atoms with Crippen molar-refractivity contribution in [2.45, 2.75) is 26.7 Å². The number of fused-ring (bicyclic) bond motifs is 1. The molecule has 0 aliphatic carbocycles. The number of hydrogen-bond donors (Lipinski definition) is 0. The molecule has 19 heavy (non-hydrogen) atoms. The number of hydrogen-bond acceptors (Lipinski definition) is 3. The molecule has 0 aromatic carbocycles. The second-order valence-corrected chi connectivity index (χ2v) is 5.42. The fraction of sp³-hybridized carbons (Fsp3) is 0.571. The lowest BCUT2D eigenvalue weighted by Gasteiger charge is -2.33. The van der Waals surface area contributed by atoms with Crippen LogP contribution in [0.15, 0.2) is 12.1 Å². The van der Waals surface area contributed by atoms with Gasteiger partial charge in [0.05, 0.1) is 12.4 Å². The molecule has 0 saturated carbocycles. The van der Waals surface area contributed by atoms with Crippen molar-refractivity contribution in [3.05, 3.63) is 23.5 Å². The summed E-state index contributed by atoms with van der Waals surface area (Å²) in [7, 11) is 0. The first-order valence-corrected chi connectivity index (χ1v) is 6.82. The van der Waals surface area contributed by atoms with E-state index in [1.807, 2.05) is 30.5 Å². The third-order valence-corrected chi connectivity index (χ3v) is 3.72. The highest BCUT2D eigenvalue weighted by atomic mass is 19.1. The van der Waals surface area contributed by atoms with E-state index < -0.39 is 0 Å². The molecule has 1 atom stereocenters. The van der Waals surface area contributed by atoms with Crippen LogP contribution in [0.4, 0.5) is 10.2 Å². The molecule has 0 amide bonds. The van der Waals surface area contributed by atoms with Gasteiger partial charge in [-0.3, -0.25) is 4.39 Å². The Kier molecular flexibility index (Phi) is 3.12. The molecule has 0 N–H and O–H groups in total. The highest BCUT2D eigenvalue weighted by Crippen LogP contribution is 2.24. The number of piperidine rings is 1. The van der Waals surface area contributed by atoms with E-state index in [1.54, 1.807) is 0 Å². The predicted octanol–water partition coefficient (Wildman–Crippen LogP) is 2.53. The van der Waals surface area contributed by atoms with E-state index in [9.17, 15) is 4.39 Å². The van der Waals surface area contributed by atoms with Gasteiger partial charge in [-0.15, -0.1) is 0 Å². The Hall–Kier alpha value is -1.65. The van der Waals surface area contributed by atoms with E-state index in [4.69, 9.17) is 0 Å². The number of anilines is 1. The zero-order chi connectivity index (χ0) is 13.4. The van der Waals surface area contributed by atoms with Gasteiger partial charge in [0.15, 0.2) is 5.65 Å². The van der Waals surface area contributed by atoms with E-state index in [2.05, 4.69) is 15.0 Å². The summed E-state index contributed by atoms with van der Waals surface area (Å²) >= 11 is 0. The van der Waals surface area contributed by atoms with E-state index in [0.717, 1.165) is 48.8 Å². The van der Waals surface area contributed by atoms with E-state index >= 15 is 0 Å². The molecule has 4 nitrogen and oxygen atoms in total. The van der Waals surface area contributed by atoms with Crippen molar-refractivity contribution in [3.8, 4) is 0 Å². The Morgan fingerprint density at radius 2 is 2.16 bits per heavy atom. The number of aryl methyl sites for hydroxylation is 2. The normalized spacial score (nSPS) is 20.2. The van der Waals surface area contributed by atoms with Crippen LogP contribution in [0.25, 0.3) is 5.65 Å². The lowest BCUT2D eigenvalue weighted by atomic mass is 9.99. The van der Waals surface area contributed by atoms with Crippen LogP contribution in [0.2, 0.25) is 0 Å². The van der Waals surface area contributed by atoms with Gasteiger partial charge in [-0.25, -0.2) is 4.98 Å². The Balaban J connectivity index is 2.03. The number of alkyl halides is 1. The van der Waals surface area contributed by atoms with E-state index in [0.29, 0.717) is 0 Å². The molecule has 0 bridgehead atoms. The van der Waals surface area contributed by atoms with Gasteiger partial charge in [-0.05, 0) is 26.7 Å². The Labute approximate surface area is 112 Å². The fourth-order valence-corrected chi connectivity index (χ4v) is 2.82. The maximum Gasteiger partial charge on any atom is 0.157 e. The highest BCUT2D eigenvalue weighted by molar-refractivity contribution is 5.52. The first kappa shape index (κ1) is 12.4. The van der Waals surface area contributed by atoms with Gasteiger partial charge < -0.3 is 4.90 Å². The molecule has 2 aromatic heterocycles. The van der Waals surface area contributed by atoms with Crippen molar-refractivity contribution >= 4 is 11.5 Å². The third kappa shape index (κ3) is 2.29. The molecule has 1 aliphatic rings. The van der Waals surface area contributed by atoms with Crippen molar-refractivity contribution in [2.24, 2.45) is 5.92 Å². The molecule has 1 unspecified atom stereocenters. The van der Waals surface area contributed by atoms with Crippen LogP contribution in [0.1, 0.15) is 24.2 Å². The number of nitrogens with zero attached hydrogens (tertiary/aromatic N) is 4. The van der Waals surface area contributed by atoms with E-state index in [-0.39, 0.29) is 12.6 Å². The van der Waals surface area contributed by atoms with Crippen molar-refractivity contribution < 1.29 is 4.39 Å². The van der Waals surface area contributed by atoms with Gasteiger partial charge in [0.25, 0.3) is 0 Å². The average Bonchev–Trinajstić information content (AvgIpc) is 2.78. The predicted molar refractivity (Wildman–Crippen MR) is 73.4 cm³/mol. The number of halogens is 1. The zero-order valence-electron chi connectivity index (χ0n) is 11.4. The summed E-state index contributed by atoms with van der Waals surface area (Å²) in [4.78, 5) is 6.73. The third-order valence-electron chi connectivity index (χ3n) is 3.72. The Morgan fingerprint density at radius 3 is 2.95 bits per heavy atom. The largest absolute Gasteiger partial charge is 0.356 e. The zero-order valence-corrected chi connectivity index (χ0v) is 11.4. The summed E-state index contributed by atoms with van der Waals surface area (Å²) in [5, 5.41) is 4.50. The fourth-order valence-electron chi connectivity index (χ4n) is 2.82. The van der Waals surface area contributed by atoms with Crippen LogP contribution in [-0.4, -0.2) is 34.4 Å². The summed E-state index contributed by atoms with van der Waals surface area (Å²) in [6.07, 6.45) is 2.02. The van der Waals surface area contributed by atoms with Gasteiger partial charge in [-0.2, -0.15) is 9.61 Å². The molecule has 0 spiro atoms. The first-order chi connectivity index (χ1) is 9.17. The van der Waals surface area contributed by atoms with Crippen molar-refractivity contribution in [2.75, 3.05) is 24.7 Å². The molecule has 5 heteroatoms. The van der Waals surface area contributed by atoms with Crippen molar-refractivity contribution in [1.82, 2.24) is 14.6 Å².